The molecule has 23 heavy (non-hydrogen) atoms. The molecule has 0 fully saturated rings. The lowest BCUT2D eigenvalue weighted by Crippen LogP contribution is -2.02. The molecule has 5 nitrogen and oxygen atoms in total. The second-order valence-corrected chi connectivity index (χ2v) is 6.13. The summed E-state index contributed by atoms with van der Waals surface area (Å²) in [4.78, 5) is 4.72. The molecule has 6 heteroatoms. The number of para-hydroxylation sites is 2. The van der Waals surface area contributed by atoms with E-state index in [2.05, 4.69) is 42.8 Å². The topological polar surface area (TPSA) is 55.1 Å². The maximum absolute atomic E-state index is 4.72. The van der Waals surface area contributed by atoms with Crippen LogP contribution in [0.2, 0.25) is 0 Å². The van der Waals surface area contributed by atoms with Crippen molar-refractivity contribution in [2.75, 3.05) is 5.32 Å². The summed E-state index contributed by atoms with van der Waals surface area (Å²) in [7, 11) is 0. The van der Waals surface area contributed by atoms with Gasteiger partial charge in [-0.1, -0.05) is 35.0 Å². The maximum atomic E-state index is 4.72. The molecule has 4 aromatic rings. The van der Waals surface area contributed by atoms with Crippen LogP contribution in [-0.4, -0.2) is 19.6 Å². The number of benzene rings is 2. The monoisotopic (exact) mass is 367 g/mol. The first kappa shape index (κ1) is 14.1. The number of aryl methyl sites for hydroxylation is 1. The molecule has 0 saturated heterocycles. The molecule has 2 aromatic heterocycles. The Morgan fingerprint density at radius 2 is 1.83 bits per heavy atom. The minimum absolute atomic E-state index is 0.707. The van der Waals surface area contributed by atoms with Crippen LogP contribution < -0.4 is 5.32 Å². The number of aromatic nitrogens is 4. The Morgan fingerprint density at radius 3 is 2.61 bits per heavy atom. The van der Waals surface area contributed by atoms with E-state index in [1.165, 1.54) is 0 Å². The van der Waals surface area contributed by atoms with E-state index in [0.717, 1.165) is 39.1 Å². The second kappa shape index (κ2) is 5.62. The van der Waals surface area contributed by atoms with Crippen molar-refractivity contribution < 1.29 is 0 Å². The van der Waals surface area contributed by atoms with Gasteiger partial charge in [0.15, 0.2) is 5.82 Å². The predicted octanol–water partition coefficient (Wildman–Crippen LogP) is 4.35. The normalized spacial score (nSPS) is 11.2. The first-order valence-electron chi connectivity index (χ1n) is 7.41. The zero-order chi connectivity index (χ0) is 15.8. The van der Waals surface area contributed by atoms with Gasteiger partial charge in [0, 0.05) is 16.6 Å². The van der Waals surface area contributed by atoms with Gasteiger partial charge in [0.2, 0.25) is 5.65 Å². The first-order valence-corrected chi connectivity index (χ1v) is 8.21. The smallest absolute Gasteiger partial charge is 0.204 e. The fourth-order valence-electron chi connectivity index (χ4n) is 2.62. The van der Waals surface area contributed by atoms with Gasteiger partial charge in [0.05, 0.1) is 11.0 Å². The zero-order valence-electron chi connectivity index (χ0n) is 12.5. The van der Waals surface area contributed by atoms with Crippen molar-refractivity contribution in [1.29, 1.82) is 0 Å². The molecule has 0 unspecified atom stereocenters. The van der Waals surface area contributed by atoms with Crippen LogP contribution in [0.25, 0.3) is 16.7 Å². The van der Waals surface area contributed by atoms with Crippen molar-refractivity contribution in [2.45, 2.75) is 13.3 Å². The molecule has 0 aliphatic rings. The molecule has 0 amide bonds. The predicted molar refractivity (Wildman–Crippen MR) is 95.1 cm³/mol. The molecule has 0 aliphatic heterocycles. The van der Waals surface area contributed by atoms with Gasteiger partial charge < -0.3 is 5.32 Å². The maximum Gasteiger partial charge on any atom is 0.204 e. The number of rotatable bonds is 3. The van der Waals surface area contributed by atoms with Gasteiger partial charge in [0.25, 0.3) is 0 Å². The number of halogens is 1. The lowest BCUT2D eigenvalue weighted by atomic mass is 10.3. The van der Waals surface area contributed by atoms with E-state index < -0.39 is 0 Å². The zero-order valence-corrected chi connectivity index (χ0v) is 14.1. The summed E-state index contributed by atoms with van der Waals surface area (Å²) in [6, 6.07) is 16.0. The van der Waals surface area contributed by atoms with Gasteiger partial charge in [-0.3, -0.25) is 4.40 Å². The molecular weight excluding hydrogens is 354 g/mol. The van der Waals surface area contributed by atoms with E-state index in [1.807, 2.05) is 48.5 Å². The van der Waals surface area contributed by atoms with Gasteiger partial charge in [0.1, 0.15) is 5.82 Å². The second-order valence-electron chi connectivity index (χ2n) is 5.21. The van der Waals surface area contributed by atoms with Gasteiger partial charge in [-0.15, -0.1) is 10.2 Å². The number of hydrogen-bond donors (Lipinski definition) is 1. The molecule has 0 bridgehead atoms. The summed E-state index contributed by atoms with van der Waals surface area (Å²) in [5, 5.41) is 12.0. The van der Waals surface area contributed by atoms with Crippen LogP contribution in [0.15, 0.2) is 53.0 Å². The average Bonchev–Trinajstić information content (AvgIpc) is 3.02. The lowest BCUT2D eigenvalue weighted by Gasteiger charge is -2.10. The number of nitrogens with one attached hydrogen (secondary N) is 1. The van der Waals surface area contributed by atoms with Crippen LogP contribution in [0, 0.1) is 0 Å². The summed E-state index contributed by atoms with van der Waals surface area (Å²) < 4.78 is 3.11. The summed E-state index contributed by atoms with van der Waals surface area (Å²) in [6.45, 7) is 2.08. The Labute approximate surface area is 141 Å². The minimum Gasteiger partial charge on any atom is -0.337 e. The SMILES string of the molecule is CCc1nnc2c(Nc3ccc(Br)cc3)nc3ccccc3n12. The number of nitrogens with zero attached hydrogens (tertiary/aromatic N) is 4. The Kier molecular flexibility index (Phi) is 3.46. The highest BCUT2D eigenvalue weighted by molar-refractivity contribution is 9.10. The largest absolute Gasteiger partial charge is 0.337 e. The summed E-state index contributed by atoms with van der Waals surface area (Å²) >= 11 is 3.45. The molecule has 4 rings (SSSR count). The molecule has 0 aliphatic carbocycles. The highest BCUT2D eigenvalue weighted by Gasteiger charge is 2.14. The molecular formula is C17H14BrN5. The van der Waals surface area contributed by atoms with Gasteiger partial charge in [-0.2, -0.15) is 0 Å². The third-order valence-electron chi connectivity index (χ3n) is 3.72. The van der Waals surface area contributed by atoms with Gasteiger partial charge in [-0.25, -0.2) is 4.98 Å². The molecule has 2 heterocycles. The fourth-order valence-corrected chi connectivity index (χ4v) is 2.89. The number of hydrogen-bond acceptors (Lipinski definition) is 4. The molecule has 0 spiro atoms. The molecule has 1 N–H and O–H groups in total. The Bertz CT molecular complexity index is 991. The molecule has 0 saturated carbocycles. The Morgan fingerprint density at radius 1 is 1.04 bits per heavy atom. The highest BCUT2D eigenvalue weighted by Crippen LogP contribution is 2.25. The van der Waals surface area contributed by atoms with E-state index in [4.69, 9.17) is 4.98 Å². The van der Waals surface area contributed by atoms with Crippen molar-refractivity contribution in [1.82, 2.24) is 19.6 Å². The standard InChI is InChI=1S/C17H14BrN5/c1-2-15-21-22-17-16(19-12-9-7-11(18)8-10-12)20-13-5-3-4-6-14(13)23(15)17/h3-10H,2H2,1H3,(H,19,20). The van der Waals surface area contributed by atoms with E-state index in [-0.39, 0.29) is 0 Å². The number of anilines is 2. The van der Waals surface area contributed by atoms with Crippen LogP contribution in [0.3, 0.4) is 0 Å². The Hall–Kier alpha value is -2.47. The van der Waals surface area contributed by atoms with Crippen molar-refractivity contribution in [3.63, 3.8) is 0 Å². The molecule has 0 radical (unpaired) electrons. The van der Waals surface area contributed by atoms with E-state index >= 15 is 0 Å². The fraction of sp³-hybridized carbons (Fsp3) is 0.118. The minimum atomic E-state index is 0.707. The lowest BCUT2D eigenvalue weighted by molar-refractivity contribution is 0.922. The van der Waals surface area contributed by atoms with Crippen LogP contribution in [0.4, 0.5) is 11.5 Å². The van der Waals surface area contributed by atoms with Gasteiger partial charge in [-0.05, 0) is 36.4 Å². The third-order valence-corrected chi connectivity index (χ3v) is 4.25. The van der Waals surface area contributed by atoms with Crippen LogP contribution >= 0.6 is 15.9 Å². The van der Waals surface area contributed by atoms with Crippen molar-refractivity contribution in [2.24, 2.45) is 0 Å². The average molecular weight is 368 g/mol. The summed E-state index contributed by atoms with van der Waals surface area (Å²) in [6.07, 6.45) is 0.812. The van der Waals surface area contributed by atoms with Crippen molar-refractivity contribution >= 4 is 44.1 Å². The number of fused-ring (bicyclic) bond motifs is 3. The van der Waals surface area contributed by atoms with Crippen molar-refractivity contribution in [3.8, 4) is 0 Å². The van der Waals surface area contributed by atoms with Gasteiger partial charge >= 0.3 is 0 Å². The quantitative estimate of drug-likeness (QED) is 0.584. The van der Waals surface area contributed by atoms with Crippen LogP contribution in [0.1, 0.15) is 12.7 Å². The Balaban J connectivity index is 1.94. The summed E-state index contributed by atoms with van der Waals surface area (Å²) in [5.41, 5.74) is 3.63. The third kappa shape index (κ3) is 2.45. The highest BCUT2D eigenvalue weighted by atomic mass is 79.9. The van der Waals surface area contributed by atoms with Crippen molar-refractivity contribution in [3.05, 3.63) is 58.8 Å². The molecule has 0 atom stereocenters. The van der Waals surface area contributed by atoms with E-state index in [0.29, 0.717) is 5.82 Å². The van der Waals surface area contributed by atoms with Crippen LogP contribution in [-0.2, 0) is 6.42 Å². The molecule has 114 valence electrons. The van der Waals surface area contributed by atoms with E-state index in [1.54, 1.807) is 0 Å². The van der Waals surface area contributed by atoms with E-state index in [9.17, 15) is 0 Å². The van der Waals surface area contributed by atoms with Crippen LogP contribution in [0.5, 0.6) is 0 Å². The first-order chi connectivity index (χ1) is 11.3. The molecule has 2 aromatic carbocycles. The summed E-state index contributed by atoms with van der Waals surface area (Å²) in [5.74, 6) is 1.63.